The number of nitrogens with one attached hydrogen (secondary N) is 2. The highest BCUT2D eigenvalue weighted by molar-refractivity contribution is 14.0. The van der Waals surface area contributed by atoms with Gasteiger partial charge in [0.05, 0.1) is 19.3 Å². The maximum atomic E-state index is 5.85. The summed E-state index contributed by atoms with van der Waals surface area (Å²) in [5.74, 6) is 0.800. The maximum Gasteiger partial charge on any atom is 0.191 e. The van der Waals surface area contributed by atoms with Crippen LogP contribution < -0.4 is 10.6 Å². The highest BCUT2D eigenvalue weighted by atomic mass is 127. The summed E-state index contributed by atoms with van der Waals surface area (Å²) in [4.78, 5) is 4.21. The Morgan fingerprint density at radius 1 is 1.12 bits per heavy atom. The van der Waals surface area contributed by atoms with Gasteiger partial charge in [-0.2, -0.15) is 0 Å². The Kier molecular flexibility index (Phi) is 13.5. The standard InChI is InChI=1S/C19H31N3O3.HI/c1-20-19(21-10-5-12-25-18-8-13-23-14-9-18)22-11-15-24-16-17-6-3-2-4-7-17;/h2-4,6-7,18H,5,8-16H2,1H3,(H2,20,21,22);1H. The minimum Gasteiger partial charge on any atom is -0.381 e. The molecule has 0 spiro atoms. The van der Waals surface area contributed by atoms with E-state index in [1.54, 1.807) is 7.05 Å². The van der Waals surface area contributed by atoms with Crippen LogP contribution in [0.4, 0.5) is 0 Å². The van der Waals surface area contributed by atoms with Crippen LogP contribution in [0.25, 0.3) is 0 Å². The minimum absolute atomic E-state index is 0. The van der Waals surface area contributed by atoms with Crippen LogP contribution in [0.15, 0.2) is 35.3 Å². The topological polar surface area (TPSA) is 64.1 Å². The van der Waals surface area contributed by atoms with E-state index in [1.165, 1.54) is 5.56 Å². The van der Waals surface area contributed by atoms with Crippen LogP contribution in [0.3, 0.4) is 0 Å². The molecule has 6 nitrogen and oxygen atoms in total. The lowest BCUT2D eigenvalue weighted by Gasteiger charge is -2.22. The number of hydrogen-bond acceptors (Lipinski definition) is 4. The van der Waals surface area contributed by atoms with E-state index in [9.17, 15) is 0 Å². The number of nitrogens with zero attached hydrogens (tertiary/aromatic N) is 1. The maximum absolute atomic E-state index is 5.85. The van der Waals surface area contributed by atoms with Crippen LogP contribution in [0, 0.1) is 0 Å². The summed E-state index contributed by atoms with van der Waals surface area (Å²) in [5.41, 5.74) is 1.19. The van der Waals surface area contributed by atoms with E-state index in [0.29, 0.717) is 19.3 Å². The molecule has 1 aliphatic rings. The number of ether oxygens (including phenoxy) is 3. The second-order valence-corrected chi connectivity index (χ2v) is 6.00. The third-order valence-electron chi connectivity index (χ3n) is 4.01. The van der Waals surface area contributed by atoms with Crippen LogP contribution in [0.1, 0.15) is 24.8 Å². The van der Waals surface area contributed by atoms with Crippen molar-refractivity contribution in [2.24, 2.45) is 4.99 Å². The van der Waals surface area contributed by atoms with Gasteiger partial charge < -0.3 is 24.8 Å². The quantitative estimate of drug-likeness (QED) is 0.235. The summed E-state index contributed by atoms with van der Waals surface area (Å²) >= 11 is 0. The Hall–Kier alpha value is -0.900. The highest BCUT2D eigenvalue weighted by Crippen LogP contribution is 2.10. The lowest BCUT2D eigenvalue weighted by atomic mass is 10.1. The molecule has 1 aliphatic heterocycles. The number of halogens is 1. The first-order chi connectivity index (χ1) is 12.4. The van der Waals surface area contributed by atoms with Gasteiger partial charge >= 0.3 is 0 Å². The van der Waals surface area contributed by atoms with Crippen molar-refractivity contribution in [3.05, 3.63) is 35.9 Å². The van der Waals surface area contributed by atoms with E-state index in [-0.39, 0.29) is 24.0 Å². The molecule has 0 unspecified atom stereocenters. The zero-order valence-corrected chi connectivity index (χ0v) is 17.9. The van der Waals surface area contributed by atoms with Crippen LogP contribution in [-0.2, 0) is 20.8 Å². The second-order valence-electron chi connectivity index (χ2n) is 6.00. The van der Waals surface area contributed by atoms with Gasteiger partial charge in [-0.25, -0.2) is 0 Å². The fourth-order valence-corrected chi connectivity index (χ4v) is 2.60. The summed E-state index contributed by atoms with van der Waals surface area (Å²) in [6.07, 6.45) is 3.36. The van der Waals surface area contributed by atoms with Crippen molar-refractivity contribution in [3.8, 4) is 0 Å². The molecular weight excluding hydrogens is 445 g/mol. The van der Waals surface area contributed by atoms with Gasteiger partial charge in [-0.05, 0) is 24.8 Å². The van der Waals surface area contributed by atoms with Gasteiger partial charge in [0.1, 0.15) is 0 Å². The predicted molar refractivity (Wildman–Crippen MR) is 115 cm³/mol. The summed E-state index contributed by atoms with van der Waals surface area (Å²) in [5, 5.41) is 6.55. The smallest absolute Gasteiger partial charge is 0.191 e. The van der Waals surface area contributed by atoms with Crippen molar-refractivity contribution >= 4 is 29.9 Å². The molecule has 148 valence electrons. The molecule has 2 N–H and O–H groups in total. The second kappa shape index (κ2) is 15.2. The molecule has 7 heteroatoms. The van der Waals surface area contributed by atoms with E-state index in [0.717, 1.165) is 58.1 Å². The van der Waals surface area contributed by atoms with Gasteiger partial charge in [-0.15, -0.1) is 24.0 Å². The Morgan fingerprint density at radius 3 is 2.58 bits per heavy atom. The number of hydrogen-bond donors (Lipinski definition) is 2. The molecule has 0 atom stereocenters. The average Bonchev–Trinajstić information content (AvgIpc) is 2.67. The largest absolute Gasteiger partial charge is 0.381 e. The molecule has 1 aromatic carbocycles. The Morgan fingerprint density at radius 2 is 1.85 bits per heavy atom. The van der Waals surface area contributed by atoms with Gasteiger partial charge in [0.15, 0.2) is 5.96 Å². The van der Waals surface area contributed by atoms with Gasteiger partial charge in [0.25, 0.3) is 0 Å². The third-order valence-corrected chi connectivity index (χ3v) is 4.01. The van der Waals surface area contributed by atoms with Crippen LogP contribution in [0.2, 0.25) is 0 Å². The van der Waals surface area contributed by atoms with Crippen molar-refractivity contribution in [1.29, 1.82) is 0 Å². The lowest BCUT2D eigenvalue weighted by Crippen LogP contribution is -2.39. The Balaban J connectivity index is 0.00000338. The molecule has 0 amide bonds. The van der Waals surface area contributed by atoms with Gasteiger partial charge in [-0.1, -0.05) is 30.3 Å². The zero-order chi connectivity index (χ0) is 17.6. The molecule has 1 fully saturated rings. The number of rotatable bonds is 10. The first-order valence-corrected chi connectivity index (χ1v) is 9.14. The summed E-state index contributed by atoms with van der Waals surface area (Å²) in [6, 6.07) is 10.2. The minimum atomic E-state index is 0. The van der Waals surface area contributed by atoms with Crippen molar-refractivity contribution in [3.63, 3.8) is 0 Å². The Labute approximate surface area is 174 Å². The Bertz CT molecular complexity index is 482. The molecule has 2 rings (SSSR count). The first kappa shape index (κ1) is 23.1. The van der Waals surface area contributed by atoms with Crippen LogP contribution in [-0.4, -0.2) is 58.6 Å². The molecule has 0 aromatic heterocycles. The molecule has 0 bridgehead atoms. The van der Waals surface area contributed by atoms with Crippen molar-refractivity contribution in [2.75, 3.05) is 46.6 Å². The molecular formula is C19H32IN3O3. The molecule has 0 saturated carbocycles. The molecule has 1 aromatic rings. The fraction of sp³-hybridized carbons (Fsp3) is 0.632. The summed E-state index contributed by atoms with van der Waals surface area (Å²) in [7, 11) is 1.78. The first-order valence-electron chi connectivity index (χ1n) is 9.14. The third kappa shape index (κ3) is 10.3. The van der Waals surface area contributed by atoms with Gasteiger partial charge in [0.2, 0.25) is 0 Å². The predicted octanol–water partition coefficient (Wildman–Crippen LogP) is 2.57. The number of guanidine groups is 1. The van der Waals surface area contributed by atoms with Crippen molar-refractivity contribution < 1.29 is 14.2 Å². The van der Waals surface area contributed by atoms with Crippen molar-refractivity contribution in [1.82, 2.24) is 10.6 Å². The summed E-state index contributed by atoms with van der Waals surface area (Å²) < 4.78 is 16.8. The highest BCUT2D eigenvalue weighted by Gasteiger charge is 2.13. The van der Waals surface area contributed by atoms with Crippen LogP contribution in [0.5, 0.6) is 0 Å². The van der Waals surface area contributed by atoms with E-state index < -0.39 is 0 Å². The molecule has 1 saturated heterocycles. The zero-order valence-electron chi connectivity index (χ0n) is 15.6. The normalized spacial score (nSPS) is 15.3. The van der Waals surface area contributed by atoms with Crippen molar-refractivity contribution in [2.45, 2.75) is 32.0 Å². The summed E-state index contributed by atoms with van der Waals surface area (Å²) in [6.45, 7) is 5.27. The molecule has 1 heterocycles. The lowest BCUT2D eigenvalue weighted by molar-refractivity contribution is -0.0320. The fourth-order valence-electron chi connectivity index (χ4n) is 2.60. The number of aliphatic imine (C=N–C) groups is 1. The van der Waals surface area contributed by atoms with Gasteiger partial charge in [0, 0.05) is 40.0 Å². The molecule has 0 aliphatic carbocycles. The van der Waals surface area contributed by atoms with E-state index in [4.69, 9.17) is 14.2 Å². The monoisotopic (exact) mass is 477 g/mol. The van der Waals surface area contributed by atoms with Gasteiger partial charge in [-0.3, -0.25) is 4.99 Å². The van der Waals surface area contributed by atoms with Crippen LogP contribution >= 0.6 is 24.0 Å². The number of benzene rings is 1. The SMILES string of the molecule is CN=C(NCCCOC1CCOCC1)NCCOCc1ccccc1.I. The van der Waals surface area contributed by atoms with E-state index in [1.807, 2.05) is 18.2 Å². The van der Waals surface area contributed by atoms with E-state index >= 15 is 0 Å². The van der Waals surface area contributed by atoms with E-state index in [2.05, 4.69) is 27.8 Å². The molecule has 0 radical (unpaired) electrons. The average molecular weight is 477 g/mol. The molecule has 26 heavy (non-hydrogen) atoms.